The molecule has 10 heteroatoms. The van der Waals surface area contributed by atoms with E-state index in [2.05, 4.69) is 74.6 Å². The maximum atomic E-state index is 12.9. The Morgan fingerprint density at radius 3 is 1.10 bits per heavy atom. The number of ether oxygens (including phenoxy) is 2. The van der Waals surface area contributed by atoms with Crippen LogP contribution < -0.4 is 0 Å². The molecular formula is C67H125NO8P+. The molecule has 1 N–H and O–H groups in total. The average Bonchev–Trinajstić information content (AvgIpc) is 3.39. The van der Waals surface area contributed by atoms with Crippen LogP contribution in [0.2, 0.25) is 0 Å². The molecule has 0 bridgehead atoms. The first-order valence-corrected chi connectivity index (χ1v) is 34.0. The molecule has 0 aromatic heterocycles. The van der Waals surface area contributed by atoms with Gasteiger partial charge in [-0.25, -0.2) is 4.57 Å². The van der Waals surface area contributed by atoms with Crippen LogP contribution in [0.15, 0.2) is 60.8 Å². The molecule has 0 rings (SSSR count). The van der Waals surface area contributed by atoms with E-state index >= 15 is 0 Å². The third-order valence-corrected chi connectivity index (χ3v) is 15.3. The van der Waals surface area contributed by atoms with Gasteiger partial charge in [-0.05, 0) is 57.8 Å². The van der Waals surface area contributed by atoms with Crippen LogP contribution in [0.4, 0.5) is 0 Å². The average molecular weight is 1100 g/mol. The summed E-state index contributed by atoms with van der Waals surface area (Å²) in [4.78, 5) is 35.8. The van der Waals surface area contributed by atoms with Crippen LogP contribution >= 0.6 is 7.82 Å². The number of phosphoric acid groups is 1. The normalized spacial score (nSPS) is 13.6. The second-order valence-corrected chi connectivity index (χ2v) is 24.6. The van der Waals surface area contributed by atoms with Crippen molar-refractivity contribution in [3.05, 3.63) is 60.8 Å². The Bertz CT molecular complexity index is 1480. The molecule has 0 saturated heterocycles. The second-order valence-electron chi connectivity index (χ2n) is 23.1. The smallest absolute Gasteiger partial charge is 0.462 e. The Labute approximate surface area is 476 Å². The van der Waals surface area contributed by atoms with Crippen molar-refractivity contribution in [1.82, 2.24) is 0 Å². The Hall–Kier alpha value is -2.29. The summed E-state index contributed by atoms with van der Waals surface area (Å²) in [6.45, 7) is 4.37. The van der Waals surface area contributed by atoms with Crippen molar-refractivity contribution < 1.29 is 42.1 Å². The molecule has 2 atom stereocenters. The zero-order chi connectivity index (χ0) is 56.3. The molecule has 2 unspecified atom stereocenters. The van der Waals surface area contributed by atoms with Crippen LogP contribution in [0.25, 0.3) is 0 Å². The third-order valence-electron chi connectivity index (χ3n) is 14.3. The highest BCUT2D eigenvalue weighted by atomic mass is 31.2. The summed E-state index contributed by atoms with van der Waals surface area (Å²) in [5.74, 6) is -0.785. The van der Waals surface area contributed by atoms with Gasteiger partial charge in [0.15, 0.2) is 6.10 Å². The predicted octanol–water partition coefficient (Wildman–Crippen LogP) is 20.7. The van der Waals surface area contributed by atoms with Gasteiger partial charge in [0.2, 0.25) is 0 Å². The van der Waals surface area contributed by atoms with Crippen LogP contribution in [0.5, 0.6) is 0 Å². The number of likely N-dealkylation sites (N-methyl/N-ethyl adjacent to an activating group) is 1. The van der Waals surface area contributed by atoms with Crippen molar-refractivity contribution in [3.63, 3.8) is 0 Å². The number of quaternary nitrogens is 1. The van der Waals surface area contributed by atoms with Crippen LogP contribution in [-0.2, 0) is 32.7 Å². The van der Waals surface area contributed by atoms with Crippen molar-refractivity contribution in [2.24, 2.45) is 0 Å². The first-order valence-electron chi connectivity index (χ1n) is 32.5. The number of allylic oxidation sites excluding steroid dienone is 10. The molecule has 0 aromatic carbocycles. The number of carbonyl (C=O) groups excluding carboxylic acids is 2. The summed E-state index contributed by atoms with van der Waals surface area (Å²) in [6, 6.07) is 0. The van der Waals surface area contributed by atoms with Crippen LogP contribution in [0.1, 0.15) is 303 Å². The van der Waals surface area contributed by atoms with Gasteiger partial charge in [-0.2, -0.15) is 0 Å². The summed E-state index contributed by atoms with van der Waals surface area (Å²) in [5, 5.41) is 0. The van der Waals surface area contributed by atoms with Crippen LogP contribution in [-0.4, -0.2) is 74.9 Å². The van der Waals surface area contributed by atoms with Gasteiger partial charge in [-0.15, -0.1) is 0 Å². The largest absolute Gasteiger partial charge is 0.472 e. The van der Waals surface area contributed by atoms with Crippen LogP contribution in [0.3, 0.4) is 0 Å². The molecule has 0 aliphatic carbocycles. The van der Waals surface area contributed by atoms with Crippen molar-refractivity contribution in [1.29, 1.82) is 0 Å². The number of phosphoric ester groups is 1. The Morgan fingerprint density at radius 2 is 0.740 bits per heavy atom. The molecule has 0 amide bonds. The molecule has 0 aromatic rings. The fraction of sp³-hybridized carbons (Fsp3) is 0.821. The number of unbranched alkanes of at least 4 members (excludes halogenated alkanes) is 36. The van der Waals surface area contributed by atoms with Crippen molar-refractivity contribution in [3.8, 4) is 0 Å². The summed E-state index contributed by atoms with van der Waals surface area (Å²) in [6.07, 6.45) is 75.9. The third kappa shape index (κ3) is 62.8. The Morgan fingerprint density at radius 1 is 0.416 bits per heavy atom. The van der Waals surface area contributed by atoms with E-state index in [1.54, 1.807) is 0 Å². The molecule has 77 heavy (non-hydrogen) atoms. The molecule has 0 fully saturated rings. The summed E-state index contributed by atoms with van der Waals surface area (Å²) >= 11 is 0. The van der Waals surface area contributed by atoms with Crippen molar-refractivity contribution in [2.75, 3.05) is 47.5 Å². The quantitative estimate of drug-likeness (QED) is 0.0211. The minimum atomic E-state index is -4.39. The first kappa shape index (κ1) is 74.7. The molecule has 450 valence electrons. The van der Waals surface area contributed by atoms with E-state index in [1.807, 2.05) is 21.1 Å². The maximum absolute atomic E-state index is 12.9. The fourth-order valence-electron chi connectivity index (χ4n) is 9.34. The van der Waals surface area contributed by atoms with Crippen molar-refractivity contribution >= 4 is 19.8 Å². The van der Waals surface area contributed by atoms with Gasteiger partial charge in [-0.1, -0.05) is 293 Å². The lowest BCUT2D eigenvalue weighted by Gasteiger charge is -2.24. The van der Waals surface area contributed by atoms with Crippen molar-refractivity contribution in [2.45, 2.75) is 309 Å². The Balaban J connectivity index is 4.07. The van der Waals surface area contributed by atoms with Gasteiger partial charge in [0.1, 0.15) is 19.8 Å². The Kier molecular flexibility index (Phi) is 56.6. The highest BCUT2D eigenvalue weighted by Crippen LogP contribution is 2.43. The standard InChI is InChI=1S/C67H124NO8P/c1-6-8-10-12-14-16-18-20-22-24-26-28-30-32-33-34-35-36-38-40-42-44-46-48-50-52-54-56-58-60-67(70)76-65(64-75-77(71,72)74-62-61-68(3,4)5)63-73-66(69)59-57-55-53-51-49-47-45-43-41-39-37-31-29-27-25-23-21-19-17-15-13-11-9-7-2/h8,10,14,16,20,22,26,28,32-33,65H,6-7,9,11-13,15,17-19,21,23-25,27,29-31,34-64H2,1-5H3/p+1/b10-8-,16-14-,22-20-,28-26-,33-32-. The first-order chi connectivity index (χ1) is 37.5. The SMILES string of the molecule is CC/C=C\C/C=C\C/C=C\C/C=C\C/C=C\CCCCCCCCCCCCCCCC(=O)OC(COC(=O)CCCCCCCCCCCCCCCCCCCCCCCCCC)COP(=O)(O)OCC[N+](C)(C)C. The lowest BCUT2D eigenvalue weighted by atomic mass is 10.0. The highest BCUT2D eigenvalue weighted by Gasteiger charge is 2.27. The zero-order valence-corrected chi connectivity index (χ0v) is 52.1. The van der Waals surface area contributed by atoms with E-state index in [9.17, 15) is 19.0 Å². The van der Waals surface area contributed by atoms with E-state index in [4.69, 9.17) is 18.5 Å². The number of nitrogens with zero attached hydrogens (tertiary/aromatic N) is 1. The molecule has 9 nitrogen and oxygen atoms in total. The number of hydrogen-bond donors (Lipinski definition) is 1. The zero-order valence-electron chi connectivity index (χ0n) is 51.2. The summed E-state index contributed by atoms with van der Waals surface area (Å²) < 4.78 is 34.7. The van der Waals surface area contributed by atoms with E-state index < -0.39 is 26.5 Å². The number of esters is 2. The van der Waals surface area contributed by atoms with E-state index in [-0.39, 0.29) is 25.6 Å². The van der Waals surface area contributed by atoms with E-state index in [0.717, 1.165) is 70.6 Å². The van der Waals surface area contributed by atoms with Gasteiger partial charge >= 0.3 is 19.8 Å². The van der Waals surface area contributed by atoms with Gasteiger partial charge < -0.3 is 18.9 Å². The number of hydrogen-bond acceptors (Lipinski definition) is 7. The molecular weight excluding hydrogens is 978 g/mol. The number of carbonyl (C=O) groups is 2. The molecule has 0 radical (unpaired) electrons. The van der Waals surface area contributed by atoms with Gasteiger partial charge in [0.05, 0.1) is 27.7 Å². The molecule has 0 spiro atoms. The molecule has 0 heterocycles. The fourth-order valence-corrected chi connectivity index (χ4v) is 10.1. The topological polar surface area (TPSA) is 108 Å². The molecule has 0 aliphatic rings. The summed E-state index contributed by atoms with van der Waals surface area (Å²) in [5.41, 5.74) is 0. The maximum Gasteiger partial charge on any atom is 0.472 e. The minimum absolute atomic E-state index is 0.0320. The highest BCUT2D eigenvalue weighted by molar-refractivity contribution is 7.47. The number of rotatable bonds is 60. The lowest BCUT2D eigenvalue weighted by molar-refractivity contribution is -0.870. The molecule has 0 saturated carbocycles. The van der Waals surface area contributed by atoms with E-state index in [0.29, 0.717) is 23.9 Å². The van der Waals surface area contributed by atoms with E-state index in [1.165, 1.54) is 199 Å². The summed E-state index contributed by atoms with van der Waals surface area (Å²) in [7, 11) is 1.49. The minimum Gasteiger partial charge on any atom is -0.462 e. The van der Waals surface area contributed by atoms with Gasteiger partial charge in [0, 0.05) is 12.8 Å². The lowest BCUT2D eigenvalue weighted by Crippen LogP contribution is -2.37. The predicted molar refractivity (Wildman–Crippen MR) is 330 cm³/mol. The second kappa shape index (κ2) is 58.4. The monoisotopic (exact) mass is 1100 g/mol. The van der Waals surface area contributed by atoms with Gasteiger partial charge in [0.25, 0.3) is 0 Å². The van der Waals surface area contributed by atoms with Crippen LogP contribution in [0, 0.1) is 0 Å². The molecule has 0 aliphatic heterocycles. The van der Waals surface area contributed by atoms with Gasteiger partial charge in [-0.3, -0.25) is 18.6 Å².